The van der Waals surface area contributed by atoms with Crippen LogP contribution in [0.2, 0.25) is 0 Å². The van der Waals surface area contributed by atoms with Gasteiger partial charge >= 0.3 is 0 Å². The Morgan fingerprint density at radius 2 is 2.00 bits per heavy atom. The monoisotopic (exact) mass is 286 g/mol. The van der Waals surface area contributed by atoms with Crippen LogP contribution >= 0.6 is 0 Å². The van der Waals surface area contributed by atoms with Crippen molar-refractivity contribution in [3.63, 3.8) is 0 Å². The summed E-state index contributed by atoms with van der Waals surface area (Å²) in [4.78, 5) is 0.201. The van der Waals surface area contributed by atoms with Crippen LogP contribution in [-0.4, -0.2) is 49.7 Å². The summed E-state index contributed by atoms with van der Waals surface area (Å²) in [5.74, 6) is 0. The predicted octanol–water partition coefficient (Wildman–Crippen LogP) is 0.0391. The molecule has 0 aromatic heterocycles. The Bertz CT molecular complexity index is 529. The molecule has 1 aromatic rings. The molecule has 1 aliphatic heterocycles. The Morgan fingerprint density at radius 1 is 1.37 bits per heavy atom. The third kappa shape index (κ3) is 3.06. The summed E-state index contributed by atoms with van der Waals surface area (Å²) in [6, 6.07) is 6.08. The fraction of sp³-hybridized carbons (Fsp3) is 0.500. The number of nitrogens with zero attached hydrogens (tertiary/aromatic N) is 1. The van der Waals surface area contributed by atoms with Crippen LogP contribution in [-0.2, 0) is 14.8 Å². The van der Waals surface area contributed by atoms with Crippen molar-refractivity contribution < 1.29 is 18.3 Å². The molecule has 19 heavy (non-hydrogen) atoms. The van der Waals surface area contributed by atoms with E-state index >= 15 is 0 Å². The van der Waals surface area contributed by atoms with Gasteiger partial charge in [-0.25, -0.2) is 8.42 Å². The first kappa shape index (κ1) is 14.3. The number of nitrogens with two attached hydrogens (primary N) is 1. The molecule has 2 rings (SSSR count). The Morgan fingerprint density at radius 3 is 2.58 bits per heavy atom. The summed E-state index contributed by atoms with van der Waals surface area (Å²) in [5.41, 5.74) is 6.07. The van der Waals surface area contributed by atoms with Crippen molar-refractivity contribution >= 4 is 15.7 Å². The fourth-order valence-corrected chi connectivity index (χ4v) is 3.64. The number of aliphatic hydroxyl groups excluding tert-OH is 1. The Labute approximate surface area is 112 Å². The maximum atomic E-state index is 12.5. The molecular formula is C12H18N2O4S. The van der Waals surface area contributed by atoms with E-state index in [1.807, 2.05) is 0 Å². The molecule has 1 heterocycles. The van der Waals surface area contributed by atoms with Crippen molar-refractivity contribution in [3.8, 4) is 0 Å². The van der Waals surface area contributed by atoms with Gasteiger partial charge in [-0.3, -0.25) is 0 Å². The van der Waals surface area contributed by atoms with Gasteiger partial charge in [-0.1, -0.05) is 0 Å². The Kier molecular flexibility index (Phi) is 4.10. The summed E-state index contributed by atoms with van der Waals surface area (Å²) in [6.45, 7) is 2.03. The SMILES string of the molecule is CC1CN(S(=O)(=O)c2ccc(N)cc2)CC(CO)O1. The van der Waals surface area contributed by atoms with Crippen molar-refractivity contribution in [2.24, 2.45) is 0 Å². The largest absolute Gasteiger partial charge is 0.399 e. The number of anilines is 1. The molecule has 0 bridgehead atoms. The van der Waals surface area contributed by atoms with Crippen LogP contribution in [0.3, 0.4) is 0 Å². The van der Waals surface area contributed by atoms with E-state index in [9.17, 15) is 8.42 Å². The van der Waals surface area contributed by atoms with Crippen molar-refractivity contribution in [2.75, 3.05) is 25.4 Å². The second-order valence-electron chi connectivity index (χ2n) is 4.64. The van der Waals surface area contributed by atoms with Crippen LogP contribution < -0.4 is 5.73 Å². The van der Waals surface area contributed by atoms with Crippen molar-refractivity contribution in [2.45, 2.75) is 24.0 Å². The first-order valence-electron chi connectivity index (χ1n) is 6.05. The van der Waals surface area contributed by atoms with Crippen LogP contribution in [0.25, 0.3) is 0 Å². The average Bonchev–Trinajstić information content (AvgIpc) is 2.38. The number of sulfonamides is 1. The minimum absolute atomic E-state index is 0.160. The molecule has 0 amide bonds. The van der Waals surface area contributed by atoms with Gasteiger partial charge in [0.1, 0.15) is 0 Å². The molecule has 1 fully saturated rings. The van der Waals surface area contributed by atoms with E-state index in [0.717, 1.165) is 0 Å². The van der Waals surface area contributed by atoms with Gasteiger partial charge < -0.3 is 15.6 Å². The third-order valence-electron chi connectivity index (χ3n) is 3.01. The average molecular weight is 286 g/mol. The Balaban J connectivity index is 2.26. The van der Waals surface area contributed by atoms with Crippen molar-refractivity contribution in [1.82, 2.24) is 4.31 Å². The van der Waals surface area contributed by atoms with Gasteiger partial charge in [0.15, 0.2) is 0 Å². The maximum Gasteiger partial charge on any atom is 0.243 e. The van der Waals surface area contributed by atoms with Gasteiger partial charge in [0.25, 0.3) is 0 Å². The van der Waals surface area contributed by atoms with Gasteiger partial charge in [0.2, 0.25) is 10.0 Å². The molecule has 106 valence electrons. The number of hydrogen-bond donors (Lipinski definition) is 2. The zero-order valence-electron chi connectivity index (χ0n) is 10.7. The van der Waals surface area contributed by atoms with E-state index < -0.39 is 16.1 Å². The summed E-state index contributed by atoms with van der Waals surface area (Å²) < 4.78 is 31.7. The van der Waals surface area contributed by atoms with Crippen molar-refractivity contribution in [1.29, 1.82) is 0 Å². The number of rotatable bonds is 3. The summed E-state index contributed by atoms with van der Waals surface area (Å²) >= 11 is 0. The quantitative estimate of drug-likeness (QED) is 0.765. The topological polar surface area (TPSA) is 92.9 Å². The minimum atomic E-state index is -3.57. The normalized spacial score (nSPS) is 25.4. The number of morpholine rings is 1. The molecule has 7 heteroatoms. The van der Waals surface area contributed by atoms with Crippen molar-refractivity contribution in [3.05, 3.63) is 24.3 Å². The second-order valence-corrected chi connectivity index (χ2v) is 6.58. The molecule has 2 unspecified atom stereocenters. The lowest BCUT2D eigenvalue weighted by atomic mass is 10.2. The van der Waals surface area contributed by atoms with Gasteiger partial charge in [0, 0.05) is 18.8 Å². The van der Waals surface area contributed by atoms with E-state index in [2.05, 4.69) is 0 Å². The van der Waals surface area contributed by atoms with Crippen LogP contribution in [0, 0.1) is 0 Å². The molecule has 1 aromatic carbocycles. The van der Waals surface area contributed by atoms with E-state index in [1.54, 1.807) is 19.1 Å². The molecule has 3 N–H and O–H groups in total. The lowest BCUT2D eigenvalue weighted by Crippen LogP contribution is -2.50. The Hall–Kier alpha value is -1.15. The van der Waals surface area contributed by atoms with Crippen LogP contribution in [0.15, 0.2) is 29.2 Å². The number of ether oxygens (including phenoxy) is 1. The zero-order chi connectivity index (χ0) is 14.0. The van der Waals surface area contributed by atoms with Gasteiger partial charge in [-0.2, -0.15) is 4.31 Å². The zero-order valence-corrected chi connectivity index (χ0v) is 11.5. The third-order valence-corrected chi connectivity index (χ3v) is 4.86. The van der Waals surface area contributed by atoms with Crippen LogP contribution in [0.4, 0.5) is 5.69 Å². The highest BCUT2D eigenvalue weighted by Crippen LogP contribution is 2.21. The second kappa shape index (κ2) is 5.46. The number of nitrogen functional groups attached to an aromatic ring is 1. The summed E-state index contributed by atoms with van der Waals surface area (Å²) in [6.07, 6.45) is -0.721. The number of benzene rings is 1. The molecule has 1 aliphatic rings. The minimum Gasteiger partial charge on any atom is -0.399 e. The van der Waals surface area contributed by atoms with E-state index in [-0.39, 0.29) is 30.7 Å². The molecule has 2 atom stereocenters. The highest BCUT2D eigenvalue weighted by Gasteiger charge is 2.33. The smallest absolute Gasteiger partial charge is 0.243 e. The van der Waals surface area contributed by atoms with E-state index in [4.69, 9.17) is 15.6 Å². The summed E-state index contributed by atoms with van der Waals surface area (Å²) in [5, 5.41) is 9.14. The standard InChI is InChI=1S/C12H18N2O4S/c1-9-6-14(7-11(8-15)18-9)19(16,17)12-4-2-10(13)3-5-12/h2-5,9,11,15H,6-8,13H2,1H3. The molecule has 0 spiro atoms. The fourth-order valence-electron chi connectivity index (χ4n) is 2.09. The van der Waals surface area contributed by atoms with E-state index in [0.29, 0.717) is 5.69 Å². The first-order valence-corrected chi connectivity index (χ1v) is 7.49. The lowest BCUT2D eigenvalue weighted by molar-refractivity contribution is -0.0750. The number of hydrogen-bond acceptors (Lipinski definition) is 5. The number of aliphatic hydroxyl groups is 1. The van der Waals surface area contributed by atoms with Gasteiger partial charge in [-0.15, -0.1) is 0 Å². The molecule has 0 radical (unpaired) electrons. The van der Waals surface area contributed by atoms with Gasteiger partial charge in [0.05, 0.1) is 23.7 Å². The first-order chi connectivity index (χ1) is 8.93. The van der Waals surface area contributed by atoms with Crippen LogP contribution in [0.5, 0.6) is 0 Å². The molecule has 0 saturated carbocycles. The lowest BCUT2D eigenvalue weighted by Gasteiger charge is -2.35. The molecule has 0 aliphatic carbocycles. The van der Waals surface area contributed by atoms with E-state index in [1.165, 1.54) is 16.4 Å². The predicted molar refractivity (Wildman–Crippen MR) is 71.0 cm³/mol. The highest BCUT2D eigenvalue weighted by atomic mass is 32.2. The molecular weight excluding hydrogens is 268 g/mol. The maximum absolute atomic E-state index is 12.5. The van der Waals surface area contributed by atoms with Gasteiger partial charge in [-0.05, 0) is 31.2 Å². The van der Waals surface area contributed by atoms with Crippen LogP contribution in [0.1, 0.15) is 6.92 Å². The summed E-state index contributed by atoms with van der Waals surface area (Å²) in [7, 11) is -3.57. The highest BCUT2D eigenvalue weighted by molar-refractivity contribution is 7.89. The molecule has 6 nitrogen and oxygen atoms in total. The molecule has 1 saturated heterocycles.